The van der Waals surface area contributed by atoms with E-state index < -0.39 is 0 Å². The molecule has 0 radical (unpaired) electrons. The van der Waals surface area contributed by atoms with Crippen molar-refractivity contribution in [3.63, 3.8) is 0 Å². The summed E-state index contributed by atoms with van der Waals surface area (Å²) in [5.41, 5.74) is 4.04. The topological polar surface area (TPSA) is 17.1 Å². The van der Waals surface area contributed by atoms with Gasteiger partial charge in [-0.05, 0) is 30.7 Å². The van der Waals surface area contributed by atoms with Crippen LogP contribution in [0.1, 0.15) is 21.5 Å². The fourth-order valence-electron chi connectivity index (χ4n) is 2.15. The Labute approximate surface area is 117 Å². The Bertz CT molecular complexity index is 653. The standard InChI is InChI=1S/C17H14OS/c1-12-6-8-13(9-7-12)10-14-11-19-16-5-3-2-4-15(16)17(14)18/h2-10H,11H2,1H3/b14-10-. The Morgan fingerprint density at radius 3 is 2.58 bits per heavy atom. The smallest absolute Gasteiger partial charge is 0.191 e. The second-order valence-electron chi connectivity index (χ2n) is 4.69. The first-order valence-electron chi connectivity index (χ1n) is 6.28. The first kappa shape index (κ1) is 12.2. The number of carbonyl (C=O) groups is 1. The Morgan fingerprint density at radius 2 is 1.79 bits per heavy atom. The number of benzene rings is 2. The van der Waals surface area contributed by atoms with Gasteiger partial charge in [0.25, 0.3) is 0 Å². The Kier molecular flexibility index (Phi) is 3.26. The maximum atomic E-state index is 12.4. The molecule has 94 valence electrons. The number of Topliss-reactive ketones (excluding diaryl/α,β-unsaturated/α-hetero) is 1. The molecule has 2 aromatic carbocycles. The molecule has 1 nitrogen and oxygen atoms in total. The Morgan fingerprint density at radius 1 is 1.05 bits per heavy atom. The average Bonchev–Trinajstić information content (AvgIpc) is 2.45. The minimum Gasteiger partial charge on any atom is -0.289 e. The molecule has 1 aliphatic heterocycles. The highest BCUT2D eigenvalue weighted by atomic mass is 32.2. The van der Waals surface area contributed by atoms with E-state index in [-0.39, 0.29) is 5.78 Å². The van der Waals surface area contributed by atoms with Crippen LogP contribution in [-0.4, -0.2) is 11.5 Å². The van der Waals surface area contributed by atoms with E-state index >= 15 is 0 Å². The number of aryl methyl sites for hydroxylation is 1. The fraction of sp³-hybridized carbons (Fsp3) is 0.118. The van der Waals surface area contributed by atoms with E-state index in [1.54, 1.807) is 11.8 Å². The summed E-state index contributed by atoms with van der Waals surface area (Å²) < 4.78 is 0. The van der Waals surface area contributed by atoms with Crippen LogP contribution in [0.4, 0.5) is 0 Å². The van der Waals surface area contributed by atoms with E-state index in [0.29, 0.717) is 0 Å². The van der Waals surface area contributed by atoms with E-state index in [9.17, 15) is 4.79 Å². The molecular weight excluding hydrogens is 252 g/mol. The Hall–Kier alpha value is -1.80. The molecule has 1 aliphatic rings. The lowest BCUT2D eigenvalue weighted by Crippen LogP contribution is -2.11. The first-order valence-corrected chi connectivity index (χ1v) is 7.26. The third-order valence-corrected chi connectivity index (χ3v) is 4.35. The predicted octanol–water partition coefficient (Wildman–Crippen LogP) is 4.37. The number of hydrogen-bond donors (Lipinski definition) is 0. The molecule has 2 heteroatoms. The molecule has 0 saturated carbocycles. The van der Waals surface area contributed by atoms with Gasteiger partial charge >= 0.3 is 0 Å². The van der Waals surface area contributed by atoms with Gasteiger partial charge in [-0.25, -0.2) is 0 Å². The molecule has 0 unspecified atom stereocenters. The largest absolute Gasteiger partial charge is 0.289 e. The number of carbonyl (C=O) groups excluding carboxylic acids is 1. The summed E-state index contributed by atoms with van der Waals surface area (Å²) in [4.78, 5) is 13.5. The molecule has 0 spiro atoms. The van der Waals surface area contributed by atoms with Gasteiger partial charge in [-0.2, -0.15) is 0 Å². The van der Waals surface area contributed by atoms with Crippen molar-refractivity contribution in [2.75, 3.05) is 5.75 Å². The number of fused-ring (bicyclic) bond motifs is 1. The highest BCUT2D eigenvalue weighted by Gasteiger charge is 2.21. The van der Waals surface area contributed by atoms with Crippen LogP contribution in [0.25, 0.3) is 6.08 Å². The van der Waals surface area contributed by atoms with Crippen molar-refractivity contribution >= 4 is 23.6 Å². The van der Waals surface area contributed by atoms with Gasteiger partial charge in [0.1, 0.15) is 0 Å². The minimum atomic E-state index is 0.162. The SMILES string of the molecule is Cc1ccc(/C=C2/CSc3ccccc3C2=O)cc1. The number of thioether (sulfide) groups is 1. The zero-order valence-electron chi connectivity index (χ0n) is 10.7. The molecule has 0 amide bonds. The molecule has 0 saturated heterocycles. The summed E-state index contributed by atoms with van der Waals surface area (Å²) in [6.07, 6.45) is 2.00. The molecule has 19 heavy (non-hydrogen) atoms. The number of hydrogen-bond acceptors (Lipinski definition) is 2. The van der Waals surface area contributed by atoms with Crippen molar-refractivity contribution in [2.45, 2.75) is 11.8 Å². The van der Waals surface area contributed by atoms with Crippen LogP contribution in [0.5, 0.6) is 0 Å². The van der Waals surface area contributed by atoms with Crippen LogP contribution in [0.2, 0.25) is 0 Å². The molecule has 1 heterocycles. The molecule has 0 aromatic heterocycles. The monoisotopic (exact) mass is 266 g/mol. The lowest BCUT2D eigenvalue weighted by Gasteiger charge is -2.16. The van der Waals surface area contributed by atoms with Gasteiger partial charge in [-0.3, -0.25) is 4.79 Å². The summed E-state index contributed by atoms with van der Waals surface area (Å²) in [5.74, 6) is 0.916. The van der Waals surface area contributed by atoms with Gasteiger partial charge in [-0.1, -0.05) is 42.0 Å². The molecule has 0 atom stereocenters. The average molecular weight is 266 g/mol. The zero-order chi connectivity index (χ0) is 13.2. The molecule has 3 rings (SSSR count). The van der Waals surface area contributed by atoms with Gasteiger partial charge in [0.2, 0.25) is 0 Å². The predicted molar refractivity (Wildman–Crippen MR) is 80.7 cm³/mol. The van der Waals surface area contributed by atoms with E-state index in [0.717, 1.165) is 27.3 Å². The molecule has 0 bridgehead atoms. The maximum Gasteiger partial charge on any atom is 0.191 e. The van der Waals surface area contributed by atoms with Crippen LogP contribution in [0, 0.1) is 6.92 Å². The molecule has 0 N–H and O–H groups in total. The normalized spacial score (nSPS) is 16.5. The van der Waals surface area contributed by atoms with Gasteiger partial charge < -0.3 is 0 Å². The van der Waals surface area contributed by atoms with E-state index in [2.05, 4.69) is 31.2 Å². The summed E-state index contributed by atoms with van der Waals surface area (Å²) in [6, 6.07) is 16.1. The van der Waals surface area contributed by atoms with E-state index in [4.69, 9.17) is 0 Å². The zero-order valence-corrected chi connectivity index (χ0v) is 11.5. The van der Waals surface area contributed by atoms with Crippen molar-refractivity contribution < 1.29 is 4.79 Å². The third kappa shape index (κ3) is 2.49. The lowest BCUT2D eigenvalue weighted by molar-refractivity contribution is 0.103. The summed E-state index contributed by atoms with van der Waals surface area (Å²) in [6.45, 7) is 2.06. The quantitative estimate of drug-likeness (QED) is 0.713. The Balaban J connectivity index is 1.96. The molecule has 0 fully saturated rings. The molecule has 0 aliphatic carbocycles. The maximum absolute atomic E-state index is 12.4. The van der Waals surface area contributed by atoms with Gasteiger partial charge in [-0.15, -0.1) is 11.8 Å². The van der Waals surface area contributed by atoms with Gasteiger partial charge in [0.15, 0.2) is 5.78 Å². The highest BCUT2D eigenvalue weighted by molar-refractivity contribution is 7.99. The molecule has 2 aromatic rings. The summed E-state index contributed by atoms with van der Waals surface area (Å²) >= 11 is 1.73. The van der Waals surface area contributed by atoms with E-state index in [1.165, 1.54) is 5.56 Å². The second kappa shape index (κ2) is 5.06. The van der Waals surface area contributed by atoms with Crippen molar-refractivity contribution in [2.24, 2.45) is 0 Å². The van der Waals surface area contributed by atoms with Crippen molar-refractivity contribution in [3.05, 3.63) is 70.8 Å². The molecular formula is C17H14OS. The summed E-state index contributed by atoms with van der Waals surface area (Å²) in [7, 11) is 0. The van der Waals surface area contributed by atoms with Crippen molar-refractivity contribution in [1.82, 2.24) is 0 Å². The summed E-state index contributed by atoms with van der Waals surface area (Å²) in [5, 5.41) is 0. The fourth-order valence-corrected chi connectivity index (χ4v) is 3.16. The van der Waals surface area contributed by atoms with Crippen LogP contribution in [0.15, 0.2) is 59.0 Å². The lowest BCUT2D eigenvalue weighted by atomic mass is 10.0. The minimum absolute atomic E-state index is 0.162. The van der Waals surface area contributed by atoms with Gasteiger partial charge in [0, 0.05) is 21.8 Å². The van der Waals surface area contributed by atoms with Crippen LogP contribution in [-0.2, 0) is 0 Å². The third-order valence-electron chi connectivity index (χ3n) is 3.22. The second-order valence-corrected chi connectivity index (χ2v) is 5.71. The van der Waals surface area contributed by atoms with Crippen LogP contribution in [0.3, 0.4) is 0 Å². The first-order chi connectivity index (χ1) is 9.24. The van der Waals surface area contributed by atoms with Crippen molar-refractivity contribution in [1.29, 1.82) is 0 Å². The number of rotatable bonds is 1. The number of ketones is 1. The highest BCUT2D eigenvalue weighted by Crippen LogP contribution is 2.33. The van der Waals surface area contributed by atoms with Crippen LogP contribution < -0.4 is 0 Å². The van der Waals surface area contributed by atoms with E-state index in [1.807, 2.05) is 30.3 Å². The van der Waals surface area contributed by atoms with Crippen molar-refractivity contribution in [3.8, 4) is 0 Å². The van der Waals surface area contributed by atoms with Gasteiger partial charge in [0.05, 0.1) is 0 Å². The van der Waals surface area contributed by atoms with Crippen LogP contribution >= 0.6 is 11.8 Å².